The molecule has 0 saturated heterocycles. The van der Waals surface area contributed by atoms with Crippen LogP contribution in [0.1, 0.15) is 273 Å². The van der Waals surface area contributed by atoms with E-state index in [2.05, 4.69) is 56.2 Å². The Morgan fingerprint density at radius 2 is 0.361 bits per heavy atom. The maximum absolute atomic E-state index is 5.20. The smallest absolute Gasteiger partial charge is 0.411 e. The van der Waals surface area contributed by atoms with Gasteiger partial charge in [-0.25, -0.2) is 0 Å². The summed E-state index contributed by atoms with van der Waals surface area (Å²) < 4.78 is 2.02. The standard InChI is InChI=1S/3C17H35NS2.La/c3*1-3-5-7-9-11-13-15-18(17(19)20)16-14-12-10-8-6-4-2;/h3*3-16H2,1-2H3,(H,19,20);/q;;;+3/p-3. The van der Waals surface area contributed by atoms with Crippen LogP contribution in [0.25, 0.3) is 0 Å². The van der Waals surface area contributed by atoms with Gasteiger partial charge in [0, 0.05) is 39.3 Å². The summed E-state index contributed by atoms with van der Waals surface area (Å²) in [6, 6.07) is 0. The molecule has 0 saturated carbocycles. The van der Waals surface area contributed by atoms with Crippen LogP contribution in [0.3, 0.4) is 0 Å². The predicted octanol–water partition coefficient (Wildman–Crippen LogP) is 17.5. The summed E-state index contributed by atoms with van der Waals surface area (Å²) in [4.78, 5) is 6.72. The van der Waals surface area contributed by atoms with Crippen LogP contribution < -0.4 is 0 Å². The fourth-order valence-corrected chi connectivity index (χ4v) is 8.48. The minimum Gasteiger partial charge on any atom is -0.411 e. The Hall–Kier alpha value is 1.52. The van der Waals surface area contributed by atoms with Crippen molar-refractivity contribution in [1.82, 2.24) is 14.7 Å². The predicted molar refractivity (Wildman–Crippen MR) is 295 cm³/mol. The number of thiocarbonyl (C=S) groups is 3. The summed E-state index contributed by atoms with van der Waals surface area (Å²) in [5.74, 6) is 0. The van der Waals surface area contributed by atoms with Crippen LogP contribution in [0, 0.1) is 35.6 Å². The van der Waals surface area contributed by atoms with Crippen molar-refractivity contribution in [3.8, 4) is 0 Å². The van der Waals surface area contributed by atoms with Gasteiger partial charge in [-0.05, 0) is 38.5 Å². The van der Waals surface area contributed by atoms with Crippen LogP contribution >= 0.6 is 36.7 Å². The van der Waals surface area contributed by atoms with E-state index in [1.54, 1.807) is 0 Å². The quantitative estimate of drug-likeness (QED) is 0.0333. The molecule has 0 bridgehead atoms. The SMILES string of the molecule is CCCCCCCCN(CCCCCCCC)C(=S)[S-].CCCCCCCCN(CCCCCCCC)C(=S)[S-].CCCCCCCCN(CCCCCCCC)C(=S)[S-].[La+3]. The van der Waals surface area contributed by atoms with Crippen LogP contribution in [0.5, 0.6) is 0 Å². The van der Waals surface area contributed by atoms with Gasteiger partial charge in [-0.15, -0.1) is 0 Å². The second-order valence-corrected chi connectivity index (χ2v) is 20.5. The van der Waals surface area contributed by atoms with Gasteiger partial charge in [0.2, 0.25) is 0 Å². The van der Waals surface area contributed by atoms with Crippen molar-refractivity contribution in [3.05, 3.63) is 0 Å². The Kier molecular flexibility index (Phi) is 67.4. The molecule has 0 aromatic heterocycles. The molecule has 0 spiro atoms. The van der Waals surface area contributed by atoms with Crippen molar-refractivity contribution < 1.29 is 35.6 Å². The van der Waals surface area contributed by atoms with E-state index >= 15 is 0 Å². The maximum Gasteiger partial charge on any atom is 3.00 e. The van der Waals surface area contributed by atoms with Gasteiger partial charge in [0.05, 0.1) is 0 Å². The monoisotopic (exact) mass is 1090 g/mol. The summed E-state index contributed by atoms with van der Waals surface area (Å²) in [6.07, 6.45) is 48.1. The summed E-state index contributed by atoms with van der Waals surface area (Å²) in [6.45, 7) is 20.0. The molecule has 0 rings (SSSR count). The van der Waals surface area contributed by atoms with Crippen LogP contribution in [0.4, 0.5) is 0 Å². The average Bonchev–Trinajstić information content (AvgIpc) is 3.23. The summed E-state index contributed by atoms with van der Waals surface area (Å²) >= 11 is 31.2. The van der Waals surface area contributed by atoms with E-state index in [0.717, 1.165) is 39.3 Å². The molecule has 0 radical (unpaired) electrons. The Morgan fingerprint density at radius 1 is 0.246 bits per heavy atom. The van der Waals surface area contributed by atoms with Crippen molar-refractivity contribution >= 4 is 87.5 Å². The van der Waals surface area contributed by atoms with E-state index in [4.69, 9.17) is 74.5 Å². The van der Waals surface area contributed by atoms with Gasteiger partial charge >= 0.3 is 35.6 Å². The van der Waals surface area contributed by atoms with Gasteiger partial charge in [0.15, 0.2) is 0 Å². The van der Waals surface area contributed by atoms with Crippen molar-refractivity contribution in [2.75, 3.05) is 39.3 Å². The first-order valence-electron chi connectivity index (χ1n) is 26.0. The Labute approximate surface area is 445 Å². The topological polar surface area (TPSA) is 9.72 Å². The third-order valence-corrected chi connectivity index (χ3v) is 13.0. The summed E-state index contributed by atoms with van der Waals surface area (Å²) in [5, 5.41) is 0. The summed E-state index contributed by atoms with van der Waals surface area (Å²) in [7, 11) is 0. The zero-order valence-electron chi connectivity index (χ0n) is 41.6. The minimum absolute atomic E-state index is 0. The van der Waals surface area contributed by atoms with Crippen LogP contribution in [0.15, 0.2) is 0 Å². The van der Waals surface area contributed by atoms with E-state index in [0.29, 0.717) is 13.0 Å². The van der Waals surface area contributed by atoms with Gasteiger partial charge in [-0.1, -0.05) is 247 Å². The van der Waals surface area contributed by atoms with Gasteiger partial charge in [-0.2, -0.15) is 0 Å². The third-order valence-electron chi connectivity index (χ3n) is 11.5. The van der Waals surface area contributed by atoms with E-state index < -0.39 is 0 Å². The molecular weight excluding hydrogens is 986 g/mol. The van der Waals surface area contributed by atoms with E-state index in [-0.39, 0.29) is 35.6 Å². The van der Waals surface area contributed by atoms with Crippen molar-refractivity contribution in [2.45, 2.75) is 273 Å². The largest absolute Gasteiger partial charge is 3.00 e. The first kappa shape index (κ1) is 69.1. The summed E-state index contributed by atoms with van der Waals surface area (Å²) in [5.41, 5.74) is 0. The molecule has 0 heterocycles. The first-order chi connectivity index (χ1) is 29.2. The van der Waals surface area contributed by atoms with Crippen LogP contribution in [-0.2, 0) is 37.9 Å². The molecule has 0 aromatic carbocycles. The Bertz CT molecular complexity index is 726. The number of rotatable bonds is 42. The molecule has 0 atom stereocenters. The first-order valence-corrected chi connectivity index (χ1v) is 28.5. The van der Waals surface area contributed by atoms with Gasteiger partial charge in [-0.3, -0.25) is 0 Å². The fraction of sp³-hybridized carbons (Fsp3) is 0.941. The minimum atomic E-state index is 0. The van der Waals surface area contributed by atoms with Gasteiger partial charge in [0.1, 0.15) is 0 Å². The Morgan fingerprint density at radius 3 is 0.475 bits per heavy atom. The molecule has 61 heavy (non-hydrogen) atoms. The third kappa shape index (κ3) is 57.6. The van der Waals surface area contributed by atoms with Gasteiger partial charge in [0.25, 0.3) is 0 Å². The molecule has 0 unspecified atom stereocenters. The van der Waals surface area contributed by atoms with Crippen molar-refractivity contribution in [1.29, 1.82) is 0 Å². The van der Waals surface area contributed by atoms with E-state index in [1.165, 1.54) is 231 Å². The molecule has 0 aromatic rings. The zero-order chi connectivity index (χ0) is 45.2. The number of hydrogen-bond donors (Lipinski definition) is 0. The Balaban J connectivity index is -0.000000396. The molecular formula is C51H102LaN3S6. The fourth-order valence-electron chi connectivity index (χ4n) is 7.38. The average molecular weight is 1090 g/mol. The van der Waals surface area contributed by atoms with Crippen LogP contribution in [-0.4, -0.2) is 66.9 Å². The maximum atomic E-state index is 5.20. The molecule has 0 aliphatic carbocycles. The zero-order valence-corrected chi connectivity index (χ0v) is 50.1. The molecule has 3 nitrogen and oxygen atoms in total. The van der Waals surface area contributed by atoms with E-state index in [9.17, 15) is 0 Å². The number of nitrogens with zero attached hydrogens (tertiary/aromatic N) is 3. The normalized spacial score (nSPS) is 10.5. The molecule has 0 amide bonds. The molecule has 0 N–H and O–H groups in total. The molecule has 0 aliphatic heterocycles. The van der Waals surface area contributed by atoms with E-state index in [1.807, 2.05) is 0 Å². The molecule has 0 aliphatic rings. The second-order valence-electron chi connectivity index (χ2n) is 17.4. The van der Waals surface area contributed by atoms with Crippen molar-refractivity contribution in [2.24, 2.45) is 0 Å². The second kappa shape index (κ2) is 59.5. The molecule has 10 heteroatoms. The molecule has 360 valence electrons. The van der Waals surface area contributed by atoms with Crippen molar-refractivity contribution in [3.63, 3.8) is 0 Å². The number of unbranched alkanes of at least 4 members (excludes halogenated alkanes) is 30. The number of hydrogen-bond acceptors (Lipinski definition) is 6. The van der Waals surface area contributed by atoms with Gasteiger partial charge < -0.3 is 89.2 Å². The van der Waals surface area contributed by atoms with Crippen LogP contribution in [0.2, 0.25) is 0 Å². The molecule has 0 fully saturated rings.